The van der Waals surface area contributed by atoms with Crippen LogP contribution in [0.4, 0.5) is 5.82 Å². The highest BCUT2D eigenvalue weighted by atomic mass is 16.5. The quantitative estimate of drug-likeness (QED) is 0.422. The van der Waals surface area contributed by atoms with E-state index in [2.05, 4.69) is 34.3 Å². The standard InChI is InChI=1S/C20H28N4O2/c1-7-15(18(21-5)24-20(4)10-11-20)17(13(2)3)19(25)23-16-9-8-14(26-6)12-22-16/h8-9,12,24H,5,7,10-11H2,1-4,6H3,(H,22,23,25)/b18-15-. The number of aliphatic imine (C=N–C) groups is 1. The van der Waals surface area contributed by atoms with Gasteiger partial charge in [-0.1, -0.05) is 12.5 Å². The van der Waals surface area contributed by atoms with Gasteiger partial charge in [-0.25, -0.2) is 9.98 Å². The molecule has 0 aliphatic heterocycles. The predicted molar refractivity (Wildman–Crippen MR) is 105 cm³/mol. The first kappa shape index (κ1) is 19.7. The number of methoxy groups -OCH3 is 1. The molecule has 1 saturated carbocycles. The zero-order valence-electron chi connectivity index (χ0n) is 16.3. The van der Waals surface area contributed by atoms with Gasteiger partial charge in [0.15, 0.2) is 0 Å². The first-order valence-electron chi connectivity index (χ1n) is 8.81. The zero-order chi connectivity index (χ0) is 19.3. The Bertz CT molecular complexity index is 740. The smallest absolute Gasteiger partial charge is 0.257 e. The normalized spacial score (nSPS) is 15.4. The number of carbonyl (C=O) groups excluding carboxylic acids is 1. The van der Waals surface area contributed by atoms with E-state index in [9.17, 15) is 4.79 Å². The summed E-state index contributed by atoms with van der Waals surface area (Å²) in [5.41, 5.74) is 2.44. The van der Waals surface area contributed by atoms with E-state index >= 15 is 0 Å². The molecule has 1 aromatic rings. The summed E-state index contributed by atoms with van der Waals surface area (Å²) in [6.45, 7) is 11.7. The molecular weight excluding hydrogens is 328 g/mol. The summed E-state index contributed by atoms with van der Waals surface area (Å²) >= 11 is 0. The molecule has 0 unspecified atom stereocenters. The maximum atomic E-state index is 12.9. The average Bonchev–Trinajstić information content (AvgIpc) is 3.35. The van der Waals surface area contributed by atoms with Crippen molar-refractivity contribution < 1.29 is 9.53 Å². The van der Waals surface area contributed by atoms with Crippen molar-refractivity contribution in [2.24, 2.45) is 4.99 Å². The highest BCUT2D eigenvalue weighted by molar-refractivity contribution is 6.07. The number of hydrogen-bond donors (Lipinski definition) is 2. The van der Waals surface area contributed by atoms with E-state index in [1.165, 1.54) is 0 Å². The predicted octanol–water partition coefficient (Wildman–Crippen LogP) is 3.83. The average molecular weight is 356 g/mol. The number of aromatic nitrogens is 1. The Kier molecular flexibility index (Phi) is 6.18. The number of amides is 1. The Morgan fingerprint density at radius 1 is 1.38 bits per heavy atom. The third kappa shape index (κ3) is 4.71. The van der Waals surface area contributed by atoms with E-state index in [1.54, 1.807) is 25.4 Å². The molecule has 0 radical (unpaired) electrons. The molecule has 0 spiro atoms. The maximum Gasteiger partial charge on any atom is 0.257 e. The number of ether oxygens (including phenoxy) is 1. The van der Waals surface area contributed by atoms with Crippen LogP contribution >= 0.6 is 0 Å². The van der Waals surface area contributed by atoms with Crippen molar-refractivity contribution in [1.82, 2.24) is 10.3 Å². The molecule has 1 aliphatic carbocycles. The number of carbonyl (C=O) groups is 1. The van der Waals surface area contributed by atoms with Gasteiger partial charge in [-0.05, 0) is 58.9 Å². The van der Waals surface area contributed by atoms with Crippen LogP contribution in [0.5, 0.6) is 5.75 Å². The minimum atomic E-state index is -0.205. The summed E-state index contributed by atoms with van der Waals surface area (Å²) in [4.78, 5) is 21.3. The van der Waals surface area contributed by atoms with Crippen LogP contribution in [0.3, 0.4) is 0 Å². The highest BCUT2D eigenvalue weighted by Gasteiger charge is 2.38. The molecule has 6 heteroatoms. The van der Waals surface area contributed by atoms with Gasteiger partial charge in [0, 0.05) is 16.7 Å². The largest absolute Gasteiger partial charge is 0.495 e. The van der Waals surface area contributed by atoms with Crippen molar-refractivity contribution in [3.05, 3.63) is 40.9 Å². The van der Waals surface area contributed by atoms with E-state index in [4.69, 9.17) is 4.74 Å². The third-order valence-electron chi connectivity index (χ3n) is 4.46. The van der Waals surface area contributed by atoms with Crippen LogP contribution in [0.15, 0.2) is 45.9 Å². The molecule has 1 amide bonds. The Hall–Kier alpha value is -2.63. The third-order valence-corrected chi connectivity index (χ3v) is 4.46. The topological polar surface area (TPSA) is 75.6 Å². The van der Waals surface area contributed by atoms with Gasteiger partial charge < -0.3 is 15.4 Å². The maximum absolute atomic E-state index is 12.9. The van der Waals surface area contributed by atoms with Crippen LogP contribution in [-0.2, 0) is 4.79 Å². The highest BCUT2D eigenvalue weighted by Crippen LogP contribution is 2.36. The number of allylic oxidation sites excluding steroid dienone is 1. The monoisotopic (exact) mass is 356 g/mol. The molecular formula is C20H28N4O2. The van der Waals surface area contributed by atoms with E-state index < -0.39 is 0 Å². The summed E-state index contributed by atoms with van der Waals surface area (Å²) in [5, 5.41) is 6.30. The van der Waals surface area contributed by atoms with Gasteiger partial charge >= 0.3 is 0 Å². The summed E-state index contributed by atoms with van der Waals surface area (Å²) < 4.78 is 5.09. The Morgan fingerprint density at radius 2 is 2.08 bits per heavy atom. The van der Waals surface area contributed by atoms with Crippen molar-refractivity contribution in [3.8, 4) is 5.75 Å². The fraction of sp³-hybridized carbons (Fsp3) is 0.450. The lowest BCUT2D eigenvalue weighted by Gasteiger charge is -2.20. The lowest BCUT2D eigenvalue weighted by atomic mass is 9.97. The van der Waals surface area contributed by atoms with Gasteiger partial charge in [-0.2, -0.15) is 0 Å². The van der Waals surface area contributed by atoms with Crippen LogP contribution < -0.4 is 15.4 Å². The molecule has 0 atom stereocenters. The van der Waals surface area contributed by atoms with Crippen molar-refractivity contribution in [2.75, 3.05) is 12.4 Å². The summed E-state index contributed by atoms with van der Waals surface area (Å²) in [7, 11) is 1.58. The summed E-state index contributed by atoms with van der Waals surface area (Å²) in [6.07, 6.45) is 4.42. The van der Waals surface area contributed by atoms with Gasteiger partial charge in [0.2, 0.25) is 0 Å². The molecule has 0 bridgehead atoms. The van der Waals surface area contributed by atoms with Crippen LogP contribution in [0.1, 0.15) is 47.0 Å². The molecule has 1 fully saturated rings. The first-order valence-corrected chi connectivity index (χ1v) is 8.81. The lowest BCUT2D eigenvalue weighted by Crippen LogP contribution is -2.29. The van der Waals surface area contributed by atoms with E-state index in [0.29, 0.717) is 29.4 Å². The van der Waals surface area contributed by atoms with Gasteiger partial charge in [0.25, 0.3) is 5.91 Å². The number of nitrogens with one attached hydrogen (secondary N) is 2. The Labute approximate surface area is 155 Å². The fourth-order valence-electron chi connectivity index (χ4n) is 2.69. The molecule has 26 heavy (non-hydrogen) atoms. The number of pyridine rings is 1. The fourth-order valence-corrected chi connectivity index (χ4v) is 2.69. The van der Waals surface area contributed by atoms with E-state index in [0.717, 1.165) is 24.0 Å². The number of hydrogen-bond acceptors (Lipinski definition) is 5. The minimum absolute atomic E-state index is 0.0533. The molecule has 0 saturated heterocycles. The van der Waals surface area contributed by atoms with Crippen LogP contribution in [0, 0.1) is 0 Å². The van der Waals surface area contributed by atoms with Crippen LogP contribution in [0.2, 0.25) is 0 Å². The second-order valence-electron chi connectivity index (χ2n) is 6.94. The SMILES string of the molecule is C=N/C(NC1(C)CC1)=C(\CC)C(C(=O)Nc1ccc(OC)cn1)=C(C)C. The molecule has 2 N–H and O–H groups in total. The summed E-state index contributed by atoms with van der Waals surface area (Å²) in [6, 6.07) is 3.47. The number of nitrogens with zero attached hydrogens (tertiary/aromatic N) is 2. The Morgan fingerprint density at radius 3 is 2.50 bits per heavy atom. The lowest BCUT2D eigenvalue weighted by molar-refractivity contribution is -0.112. The van der Waals surface area contributed by atoms with Crippen molar-refractivity contribution in [1.29, 1.82) is 0 Å². The van der Waals surface area contributed by atoms with Crippen molar-refractivity contribution >= 4 is 18.4 Å². The van der Waals surface area contributed by atoms with Crippen molar-refractivity contribution in [2.45, 2.75) is 52.5 Å². The van der Waals surface area contributed by atoms with Gasteiger partial charge in [-0.15, -0.1) is 0 Å². The molecule has 1 aliphatic rings. The zero-order valence-corrected chi connectivity index (χ0v) is 16.3. The molecule has 1 heterocycles. The number of rotatable bonds is 8. The van der Waals surface area contributed by atoms with E-state index in [1.807, 2.05) is 20.8 Å². The second kappa shape index (κ2) is 8.17. The Balaban J connectivity index is 2.31. The van der Waals surface area contributed by atoms with E-state index in [-0.39, 0.29) is 11.4 Å². The summed E-state index contributed by atoms with van der Waals surface area (Å²) in [5.74, 6) is 1.59. The molecule has 1 aromatic heterocycles. The van der Waals surface area contributed by atoms with Gasteiger partial charge in [-0.3, -0.25) is 4.79 Å². The van der Waals surface area contributed by atoms with Crippen LogP contribution in [0.25, 0.3) is 0 Å². The molecule has 2 rings (SSSR count). The number of anilines is 1. The minimum Gasteiger partial charge on any atom is -0.495 e. The van der Waals surface area contributed by atoms with Gasteiger partial charge in [0.1, 0.15) is 17.4 Å². The van der Waals surface area contributed by atoms with Crippen LogP contribution in [-0.4, -0.2) is 30.3 Å². The molecule has 0 aromatic carbocycles. The molecule has 6 nitrogen and oxygen atoms in total. The second-order valence-corrected chi connectivity index (χ2v) is 6.94. The molecule has 140 valence electrons. The van der Waals surface area contributed by atoms with Gasteiger partial charge in [0.05, 0.1) is 13.3 Å². The van der Waals surface area contributed by atoms with Crippen molar-refractivity contribution in [3.63, 3.8) is 0 Å². The first-order chi connectivity index (χ1) is 12.3.